The van der Waals surface area contributed by atoms with E-state index in [9.17, 15) is 10.2 Å². The molecule has 2 rings (SSSR count). The van der Waals surface area contributed by atoms with Crippen molar-refractivity contribution in [1.82, 2.24) is 0 Å². The second-order valence-corrected chi connectivity index (χ2v) is 3.99. The van der Waals surface area contributed by atoms with E-state index >= 15 is 0 Å². The number of aliphatic hydroxyl groups excluding tert-OH is 2. The van der Waals surface area contributed by atoms with Crippen LogP contribution in [0.15, 0.2) is 0 Å². The van der Waals surface area contributed by atoms with Gasteiger partial charge in [0.05, 0.1) is 12.2 Å². The fraction of sp³-hybridized carbons (Fsp3) is 1.00. The molecule has 0 amide bonds. The van der Waals surface area contributed by atoms with E-state index in [0.29, 0.717) is 5.92 Å². The van der Waals surface area contributed by atoms with Gasteiger partial charge < -0.3 is 10.2 Å². The van der Waals surface area contributed by atoms with Crippen LogP contribution >= 0.6 is 0 Å². The fourth-order valence-corrected chi connectivity index (χ4v) is 2.64. The minimum absolute atomic E-state index is 0.197. The predicted molar refractivity (Wildman–Crippen MR) is 42.1 cm³/mol. The molecule has 2 aliphatic rings. The second kappa shape index (κ2) is 2.76. The van der Waals surface area contributed by atoms with Crippen molar-refractivity contribution in [2.75, 3.05) is 0 Å². The van der Waals surface area contributed by atoms with E-state index in [1.165, 1.54) is 12.8 Å². The van der Waals surface area contributed by atoms with Crippen LogP contribution < -0.4 is 0 Å². The van der Waals surface area contributed by atoms with Crippen molar-refractivity contribution < 1.29 is 10.2 Å². The van der Waals surface area contributed by atoms with Crippen molar-refractivity contribution in [3.05, 3.63) is 0 Å². The molecule has 2 aliphatic carbocycles. The molecule has 2 fully saturated rings. The van der Waals surface area contributed by atoms with Gasteiger partial charge in [-0.05, 0) is 31.6 Å². The van der Waals surface area contributed by atoms with Gasteiger partial charge in [0, 0.05) is 5.92 Å². The first-order valence-corrected chi connectivity index (χ1v) is 4.65. The monoisotopic (exact) mass is 156 g/mol. The lowest BCUT2D eigenvalue weighted by molar-refractivity contribution is -0.0810. The van der Waals surface area contributed by atoms with E-state index in [0.717, 1.165) is 19.3 Å². The third-order valence-corrected chi connectivity index (χ3v) is 3.36. The lowest BCUT2D eigenvalue weighted by Gasteiger charge is -2.42. The molecule has 0 unspecified atom stereocenters. The number of fused-ring (bicyclic) bond motifs is 2. The summed E-state index contributed by atoms with van der Waals surface area (Å²) in [5.74, 6) is 0.694. The van der Waals surface area contributed by atoms with Crippen LogP contribution in [0.3, 0.4) is 0 Å². The molecule has 0 spiro atoms. The zero-order valence-electron chi connectivity index (χ0n) is 6.74. The molecule has 0 aromatic carbocycles. The molecule has 64 valence electrons. The zero-order valence-corrected chi connectivity index (χ0v) is 6.74. The van der Waals surface area contributed by atoms with E-state index in [1.807, 2.05) is 0 Å². The van der Waals surface area contributed by atoms with Gasteiger partial charge in [0.15, 0.2) is 0 Å². The molecule has 0 aromatic rings. The first kappa shape index (κ1) is 7.56. The predicted octanol–water partition coefficient (Wildman–Crippen LogP) is 0.918. The summed E-state index contributed by atoms with van der Waals surface area (Å²) >= 11 is 0. The van der Waals surface area contributed by atoms with E-state index in [-0.39, 0.29) is 18.1 Å². The van der Waals surface area contributed by atoms with Crippen molar-refractivity contribution in [1.29, 1.82) is 0 Å². The van der Waals surface area contributed by atoms with Crippen molar-refractivity contribution in [3.63, 3.8) is 0 Å². The fourth-order valence-electron chi connectivity index (χ4n) is 2.64. The summed E-state index contributed by atoms with van der Waals surface area (Å²) in [6, 6.07) is 0. The topological polar surface area (TPSA) is 40.5 Å². The molecule has 2 nitrogen and oxygen atoms in total. The summed E-state index contributed by atoms with van der Waals surface area (Å²) in [5, 5.41) is 19.2. The average Bonchev–Trinajstić information content (AvgIpc) is 1.98. The third kappa shape index (κ3) is 1.18. The highest BCUT2D eigenvalue weighted by Crippen LogP contribution is 2.39. The van der Waals surface area contributed by atoms with Crippen LogP contribution in [-0.2, 0) is 0 Å². The minimum Gasteiger partial charge on any atom is -0.393 e. The van der Waals surface area contributed by atoms with Crippen LogP contribution in [-0.4, -0.2) is 22.4 Å². The smallest absolute Gasteiger partial charge is 0.0621 e. The highest BCUT2D eigenvalue weighted by Gasteiger charge is 2.39. The molecule has 0 heterocycles. The van der Waals surface area contributed by atoms with Gasteiger partial charge in [0.25, 0.3) is 0 Å². The molecule has 2 bridgehead atoms. The quantitative estimate of drug-likeness (QED) is 0.547. The Morgan fingerprint density at radius 3 is 2.45 bits per heavy atom. The van der Waals surface area contributed by atoms with Crippen LogP contribution in [0.5, 0.6) is 0 Å². The van der Waals surface area contributed by atoms with Gasteiger partial charge in [0.2, 0.25) is 0 Å². The lowest BCUT2D eigenvalue weighted by Crippen LogP contribution is -2.44. The van der Waals surface area contributed by atoms with E-state index < -0.39 is 0 Å². The van der Waals surface area contributed by atoms with Gasteiger partial charge in [-0.25, -0.2) is 0 Å². The minimum atomic E-state index is -0.221. The van der Waals surface area contributed by atoms with Crippen molar-refractivity contribution >= 4 is 0 Å². The maximum Gasteiger partial charge on any atom is 0.0621 e. The largest absolute Gasteiger partial charge is 0.393 e. The Morgan fingerprint density at radius 2 is 1.73 bits per heavy atom. The maximum atomic E-state index is 9.70. The van der Waals surface area contributed by atoms with Crippen LogP contribution in [0.2, 0.25) is 0 Å². The summed E-state index contributed by atoms with van der Waals surface area (Å²) in [7, 11) is 0. The summed E-state index contributed by atoms with van der Waals surface area (Å²) in [6.45, 7) is 0. The Hall–Kier alpha value is -0.0800. The van der Waals surface area contributed by atoms with Crippen LogP contribution in [0.4, 0.5) is 0 Å². The Bertz CT molecular complexity index is 146. The summed E-state index contributed by atoms with van der Waals surface area (Å²) < 4.78 is 0. The standard InChI is InChI=1S/C9H16O2/c10-8-5-4-6-2-1-3-7(8)9(6)11/h6-11H,1-5H2/t6-,7+,8-,9-/m0/s1. The molecular formula is C9H16O2. The number of rotatable bonds is 0. The van der Waals surface area contributed by atoms with Gasteiger partial charge in [0.1, 0.15) is 0 Å². The van der Waals surface area contributed by atoms with Gasteiger partial charge in [-0.3, -0.25) is 0 Å². The van der Waals surface area contributed by atoms with Crippen molar-refractivity contribution in [3.8, 4) is 0 Å². The van der Waals surface area contributed by atoms with Crippen LogP contribution in [0.1, 0.15) is 32.1 Å². The van der Waals surface area contributed by atoms with Gasteiger partial charge >= 0.3 is 0 Å². The molecule has 0 saturated heterocycles. The molecule has 0 aromatic heterocycles. The molecule has 0 radical (unpaired) electrons. The Morgan fingerprint density at radius 1 is 0.909 bits per heavy atom. The molecular weight excluding hydrogens is 140 g/mol. The highest BCUT2D eigenvalue weighted by atomic mass is 16.3. The average molecular weight is 156 g/mol. The summed E-state index contributed by atoms with van der Waals surface area (Å²) in [4.78, 5) is 0. The lowest BCUT2D eigenvalue weighted by atomic mass is 9.69. The van der Waals surface area contributed by atoms with Gasteiger partial charge in [-0.15, -0.1) is 0 Å². The molecule has 11 heavy (non-hydrogen) atoms. The van der Waals surface area contributed by atoms with E-state index in [2.05, 4.69) is 0 Å². The second-order valence-electron chi connectivity index (χ2n) is 3.99. The molecule has 2 heteroatoms. The molecule has 2 N–H and O–H groups in total. The number of hydrogen-bond donors (Lipinski definition) is 2. The molecule has 4 atom stereocenters. The third-order valence-electron chi connectivity index (χ3n) is 3.36. The SMILES string of the molecule is O[C@H]1[C@H]2CCC[C@@H]1[C@@H](O)CC2. The first-order chi connectivity index (χ1) is 5.29. The summed E-state index contributed by atoms with van der Waals surface area (Å²) in [5.41, 5.74) is 0. The Balaban J connectivity index is 2.09. The zero-order chi connectivity index (χ0) is 7.84. The van der Waals surface area contributed by atoms with E-state index in [1.54, 1.807) is 0 Å². The molecule has 0 aliphatic heterocycles. The van der Waals surface area contributed by atoms with Gasteiger partial charge in [-0.1, -0.05) is 6.42 Å². The van der Waals surface area contributed by atoms with Crippen molar-refractivity contribution in [2.24, 2.45) is 11.8 Å². The first-order valence-electron chi connectivity index (χ1n) is 4.65. The van der Waals surface area contributed by atoms with E-state index in [4.69, 9.17) is 0 Å². The number of aliphatic hydroxyl groups is 2. The maximum absolute atomic E-state index is 9.70. The van der Waals surface area contributed by atoms with Crippen molar-refractivity contribution in [2.45, 2.75) is 44.3 Å². The van der Waals surface area contributed by atoms with Crippen LogP contribution in [0.25, 0.3) is 0 Å². The van der Waals surface area contributed by atoms with Crippen LogP contribution in [0, 0.1) is 11.8 Å². The molecule has 2 saturated carbocycles. The van der Waals surface area contributed by atoms with Gasteiger partial charge in [-0.2, -0.15) is 0 Å². The normalized spacial score (nSPS) is 50.7. The Kier molecular flexibility index (Phi) is 1.90. The highest BCUT2D eigenvalue weighted by molar-refractivity contribution is 4.90. The Labute approximate surface area is 67.2 Å². The summed E-state index contributed by atoms with van der Waals surface area (Å²) in [6.07, 6.45) is 4.91. The number of hydrogen-bond acceptors (Lipinski definition) is 2.